The summed E-state index contributed by atoms with van der Waals surface area (Å²) in [5.74, 6) is 0.901. The highest BCUT2D eigenvalue weighted by Gasteiger charge is 2.24. The van der Waals surface area contributed by atoms with Crippen LogP contribution in [-0.2, 0) is 13.0 Å². The fourth-order valence-electron chi connectivity index (χ4n) is 3.64. The summed E-state index contributed by atoms with van der Waals surface area (Å²) in [7, 11) is 0. The number of nitrogens with two attached hydrogens (primary N) is 1. The monoisotopic (exact) mass is 342 g/mol. The third-order valence-electron chi connectivity index (χ3n) is 4.96. The van der Waals surface area contributed by atoms with E-state index in [1.54, 1.807) is 0 Å². The molecule has 0 aliphatic carbocycles. The molecule has 6 heteroatoms. The Kier molecular flexibility index (Phi) is 5.26. The first-order chi connectivity index (χ1) is 12.1. The highest BCUT2D eigenvalue weighted by atomic mass is 16.2. The van der Waals surface area contributed by atoms with Crippen molar-refractivity contribution in [3.05, 3.63) is 56.7 Å². The van der Waals surface area contributed by atoms with Crippen molar-refractivity contribution in [3.63, 3.8) is 0 Å². The Hall–Kier alpha value is -2.50. The summed E-state index contributed by atoms with van der Waals surface area (Å²) in [6.45, 7) is 4.06. The molecule has 3 rings (SSSR count). The van der Waals surface area contributed by atoms with Gasteiger partial charge in [-0.25, -0.2) is 4.79 Å². The number of H-pyrrole nitrogens is 1. The van der Waals surface area contributed by atoms with Gasteiger partial charge in [-0.05, 0) is 37.2 Å². The van der Waals surface area contributed by atoms with Gasteiger partial charge in [-0.15, -0.1) is 0 Å². The second-order valence-electron chi connectivity index (χ2n) is 6.76. The van der Waals surface area contributed by atoms with Crippen molar-refractivity contribution in [3.8, 4) is 0 Å². The van der Waals surface area contributed by atoms with Crippen LogP contribution in [0.4, 0.5) is 11.5 Å². The molecule has 1 aromatic heterocycles. The number of rotatable bonds is 5. The van der Waals surface area contributed by atoms with Gasteiger partial charge < -0.3 is 10.6 Å². The number of aromatic amines is 1. The van der Waals surface area contributed by atoms with Gasteiger partial charge in [0.05, 0.1) is 0 Å². The molecule has 0 unspecified atom stereocenters. The minimum atomic E-state index is -0.424. The van der Waals surface area contributed by atoms with E-state index in [-0.39, 0.29) is 11.4 Å². The van der Waals surface area contributed by atoms with E-state index in [1.165, 1.54) is 10.1 Å². The fraction of sp³-hybridized carbons (Fsp3) is 0.474. The quantitative estimate of drug-likeness (QED) is 0.870. The molecule has 25 heavy (non-hydrogen) atoms. The van der Waals surface area contributed by atoms with Crippen LogP contribution in [0.15, 0.2) is 39.9 Å². The van der Waals surface area contributed by atoms with Gasteiger partial charge in [0.25, 0.3) is 5.56 Å². The topological polar surface area (TPSA) is 84.1 Å². The molecule has 0 atom stereocenters. The zero-order chi connectivity index (χ0) is 17.8. The van der Waals surface area contributed by atoms with Gasteiger partial charge in [0.1, 0.15) is 11.5 Å². The van der Waals surface area contributed by atoms with Gasteiger partial charge in [-0.1, -0.05) is 37.3 Å². The first kappa shape index (κ1) is 17.3. The van der Waals surface area contributed by atoms with E-state index in [1.807, 2.05) is 17.9 Å². The minimum absolute atomic E-state index is 0.289. The molecule has 1 fully saturated rings. The summed E-state index contributed by atoms with van der Waals surface area (Å²) >= 11 is 0. The number of hydrogen-bond donors (Lipinski definition) is 2. The van der Waals surface area contributed by atoms with E-state index in [0.717, 1.165) is 38.8 Å². The standard InChI is InChI=1S/C19H26N4O2/c1-2-10-23-17(20)16(18(24)21-19(23)25)22-11-8-15(9-12-22)13-14-6-4-3-5-7-14/h3-7,15H,2,8-13,20H2,1H3,(H,21,24,25). The molecule has 1 aromatic carbocycles. The van der Waals surface area contributed by atoms with Crippen LogP contribution in [0.5, 0.6) is 0 Å². The van der Waals surface area contributed by atoms with Crippen molar-refractivity contribution in [1.82, 2.24) is 9.55 Å². The number of hydrogen-bond acceptors (Lipinski definition) is 4. The van der Waals surface area contributed by atoms with E-state index in [0.29, 0.717) is 18.2 Å². The number of anilines is 2. The number of nitrogen functional groups attached to an aromatic ring is 1. The number of nitrogens with zero attached hydrogens (tertiary/aromatic N) is 2. The van der Waals surface area contributed by atoms with Crippen molar-refractivity contribution in [2.24, 2.45) is 5.92 Å². The summed E-state index contributed by atoms with van der Waals surface area (Å²) in [5, 5.41) is 0. The lowest BCUT2D eigenvalue weighted by Crippen LogP contribution is -2.42. The van der Waals surface area contributed by atoms with Crippen molar-refractivity contribution < 1.29 is 0 Å². The van der Waals surface area contributed by atoms with Crippen molar-refractivity contribution in [2.75, 3.05) is 23.7 Å². The molecule has 1 aliphatic rings. The Labute approximate surface area is 147 Å². The SMILES string of the molecule is CCCn1c(N)c(N2CCC(Cc3ccccc3)CC2)c(=O)[nH]c1=O. The van der Waals surface area contributed by atoms with Gasteiger partial charge in [0.2, 0.25) is 0 Å². The summed E-state index contributed by atoms with van der Waals surface area (Å²) in [6.07, 6.45) is 3.88. The van der Waals surface area contributed by atoms with Crippen LogP contribution in [0, 0.1) is 5.92 Å². The molecule has 3 N–H and O–H groups in total. The second-order valence-corrected chi connectivity index (χ2v) is 6.76. The van der Waals surface area contributed by atoms with Gasteiger partial charge in [0, 0.05) is 19.6 Å². The third-order valence-corrected chi connectivity index (χ3v) is 4.96. The van der Waals surface area contributed by atoms with Crippen molar-refractivity contribution >= 4 is 11.5 Å². The molecule has 2 heterocycles. The number of aromatic nitrogens is 2. The van der Waals surface area contributed by atoms with E-state index >= 15 is 0 Å². The predicted octanol–water partition coefficient (Wildman–Crippen LogP) is 1.99. The zero-order valence-electron chi connectivity index (χ0n) is 14.7. The molecule has 0 saturated carbocycles. The molecule has 0 radical (unpaired) electrons. The molecule has 2 aromatic rings. The molecular weight excluding hydrogens is 316 g/mol. The number of benzene rings is 1. The van der Waals surface area contributed by atoms with Crippen molar-refractivity contribution in [1.29, 1.82) is 0 Å². The van der Waals surface area contributed by atoms with Crippen LogP contribution in [0.2, 0.25) is 0 Å². The normalized spacial score (nSPS) is 15.5. The zero-order valence-corrected chi connectivity index (χ0v) is 14.7. The Balaban J connectivity index is 1.74. The molecule has 1 saturated heterocycles. The highest BCUT2D eigenvalue weighted by Crippen LogP contribution is 2.26. The van der Waals surface area contributed by atoms with Crippen LogP contribution in [0.1, 0.15) is 31.7 Å². The maximum absolute atomic E-state index is 12.3. The van der Waals surface area contributed by atoms with Crippen molar-refractivity contribution in [2.45, 2.75) is 39.2 Å². The van der Waals surface area contributed by atoms with Crippen LogP contribution in [0.25, 0.3) is 0 Å². The molecule has 0 spiro atoms. The molecule has 134 valence electrons. The van der Waals surface area contributed by atoms with Crippen LogP contribution in [0.3, 0.4) is 0 Å². The minimum Gasteiger partial charge on any atom is -0.383 e. The Bertz CT molecular complexity index is 818. The third kappa shape index (κ3) is 3.78. The summed E-state index contributed by atoms with van der Waals surface area (Å²) in [4.78, 5) is 28.7. The fourth-order valence-corrected chi connectivity index (χ4v) is 3.64. The first-order valence-electron chi connectivity index (χ1n) is 9.01. The van der Waals surface area contributed by atoms with Gasteiger partial charge in [0.15, 0.2) is 0 Å². The Morgan fingerprint density at radius 2 is 1.84 bits per heavy atom. The number of piperidine rings is 1. The summed E-state index contributed by atoms with van der Waals surface area (Å²) in [5.41, 5.74) is 7.17. The maximum atomic E-state index is 12.3. The molecule has 6 nitrogen and oxygen atoms in total. The second kappa shape index (κ2) is 7.59. The van der Waals surface area contributed by atoms with Crippen LogP contribution in [-0.4, -0.2) is 22.6 Å². The molecular formula is C19H26N4O2. The van der Waals surface area contributed by atoms with E-state index in [9.17, 15) is 9.59 Å². The number of nitrogens with one attached hydrogen (secondary N) is 1. The largest absolute Gasteiger partial charge is 0.383 e. The van der Waals surface area contributed by atoms with Gasteiger partial charge in [-0.2, -0.15) is 0 Å². The Morgan fingerprint density at radius 3 is 2.48 bits per heavy atom. The van der Waals surface area contributed by atoms with Crippen LogP contribution >= 0.6 is 0 Å². The first-order valence-corrected chi connectivity index (χ1v) is 9.01. The van der Waals surface area contributed by atoms with Gasteiger partial charge >= 0.3 is 5.69 Å². The molecule has 1 aliphatic heterocycles. The van der Waals surface area contributed by atoms with E-state index < -0.39 is 5.69 Å². The summed E-state index contributed by atoms with van der Waals surface area (Å²) in [6, 6.07) is 10.5. The van der Waals surface area contributed by atoms with E-state index in [2.05, 4.69) is 29.2 Å². The average Bonchev–Trinajstić information content (AvgIpc) is 2.61. The summed E-state index contributed by atoms with van der Waals surface area (Å²) < 4.78 is 1.47. The average molecular weight is 342 g/mol. The lowest BCUT2D eigenvalue weighted by Gasteiger charge is -2.34. The lowest BCUT2D eigenvalue weighted by molar-refractivity contribution is 0.402. The lowest BCUT2D eigenvalue weighted by atomic mass is 9.90. The van der Waals surface area contributed by atoms with Crippen LogP contribution < -0.4 is 21.9 Å². The van der Waals surface area contributed by atoms with Gasteiger partial charge in [-0.3, -0.25) is 14.3 Å². The maximum Gasteiger partial charge on any atom is 0.330 e. The smallest absolute Gasteiger partial charge is 0.330 e. The Morgan fingerprint density at radius 1 is 1.16 bits per heavy atom. The highest BCUT2D eigenvalue weighted by molar-refractivity contribution is 5.62. The molecule has 0 amide bonds. The molecule has 0 bridgehead atoms. The predicted molar refractivity (Wildman–Crippen MR) is 101 cm³/mol. The van der Waals surface area contributed by atoms with E-state index in [4.69, 9.17) is 5.73 Å².